The van der Waals surface area contributed by atoms with Gasteiger partial charge < -0.3 is 15.0 Å². The third-order valence-electron chi connectivity index (χ3n) is 2.54. The fourth-order valence-corrected chi connectivity index (χ4v) is 1.88. The van der Waals surface area contributed by atoms with Gasteiger partial charge in [0.15, 0.2) is 0 Å². The molecule has 1 N–H and O–H groups in total. The summed E-state index contributed by atoms with van der Waals surface area (Å²) in [7, 11) is 0. The van der Waals surface area contributed by atoms with E-state index in [0.717, 1.165) is 0 Å². The summed E-state index contributed by atoms with van der Waals surface area (Å²) in [5.41, 5.74) is -0.804. The zero-order chi connectivity index (χ0) is 12.3. The Kier molecular flexibility index (Phi) is 3.91. The molecule has 0 bridgehead atoms. The van der Waals surface area contributed by atoms with Crippen molar-refractivity contribution < 1.29 is 14.3 Å². The first-order valence-electron chi connectivity index (χ1n) is 5.58. The van der Waals surface area contributed by atoms with Crippen LogP contribution < -0.4 is 5.32 Å². The number of hydrogen-bond acceptors (Lipinski definition) is 3. The number of nitrogens with zero attached hydrogens (tertiary/aromatic N) is 1. The van der Waals surface area contributed by atoms with Crippen LogP contribution in [0.2, 0.25) is 0 Å². The normalized spacial score (nSPS) is 21.9. The van der Waals surface area contributed by atoms with Gasteiger partial charge in [-0.15, -0.1) is 0 Å². The molecule has 2 amide bonds. The van der Waals surface area contributed by atoms with E-state index in [-0.39, 0.29) is 24.5 Å². The van der Waals surface area contributed by atoms with Gasteiger partial charge in [-0.2, -0.15) is 0 Å². The summed E-state index contributed by atoms with van der Waals surface area (Å²) in [6.45, 7) is 8.43. The molecule has 92 valence electrons. The number of amides is 2. The smallest absolute Gasteiger partial charge is 0.248 e. The maximum Gasteiger partial charge on any atom is 0.248 e. The topological polar surface area (TPSA) is 58.6 Å². The summed E-state index contributed by atoms with van der Waals surface area (Å²) < 4.78 is 5.37. The second-order valence-electron chi connectivity index (χ2n) is 4.62. The van der Waals surface area contributed by atoms with Gasteiger partial charge in [0, 0.05) is 13.2 Å². The number of hydrogen-bond donors (Lipinski definition) is 1. The molecule has 1 aliphatic heterocycles. The molecule has 0 aromatic rings. The summed E-state index contributed by atoms with van der Waals surface area (Å²) in [6.07, 6.45) is -0.0457. The van der Waals surface area contributed by atoms with Crippen molar-refractivity contribution in [3.8, 4) is 0 Å². The summed E-state index contributed by atoms with van der Waals surface area (Å²) in [6, 6.07) is 0. The SMILES string of the molecule is CCOC(C)CN1CC(=O)NC(C)(C)C1=O. The van der Waals surface area contributed by atoms with E-state index in [0.29, 0.717) is 13.2 Å². The first kappa shape index (κ1) is 13.0. The van der Waals surface area contributed by atoms with Crippen molar-refractivity contribution in [3.63, 3.8) is 0 Å². The van der Waals surface area contributed by atoms with Crippen molar-refractivity contribution in [2.75, 3.05) is 19.7 Å². The van der Waals surface area contributed by atoms with E-state index < -0.39 is 5.54 Å². The Hall–Kier alpha value is -1.10. The Balaban J connectivity index is 2.65. The van der Waals surface area contributed by atoms with Crippen molar-refractivity contribution in [3.05, 3.63) is 0 Å². The standard InChI is InChI=1S/C11H20N2O3/c1-5-16-8(2)6-13-7-9(14)12-11(3,4)10(13)15/h8H,5-7H2,1-4H3,(H,12,14). The molecule has 0 aliphatic carbocycles. The molecule has 1 aliphatic rings. The molecule has 1 atom stereocenters. The van der Waals surface area contributed by atoms with Crippen LogP contribution in [0.3, 0.4) is 0 Å². The van der Waals surface area contributed by atoms with E-state index in [2.05, 4.69) is 5.32 Å². The molecule has 0 aromatic carbocycles. The summed E-state index contributed by atoms with van der Waals surface area (Å²) >= 11 is 0. The van der Waals surface area contributed by atoms with Crippen molar-refractivity contribution in [2.24, 2.45) is 0 Å². The van der Waals surface area contributed by atoms with Gasteiger partial charge in [0.05, 0.1) is 12.6 Å². The molecule has 1 fully saturated rings. The second-order valence-corrected chi connectivity index (χ2v) is 4.62. The van der Waals surface area contributed by atoms with E-state index in [4.69, 9.17) is 4.74 Å². The lowest BCUT2D eigenvalue weighted by atomic mass is 10.0. The predicted octanol–water partition coefficient (Wildman–Crippen LogP) is 0.148. The Morgan fingerprint density at radius 2 is 2.12 bits per heavy atom. The van der Waals surface area contributed by atoms with Crippen LogP contribution >= 0.6 is 0 Å². The molecule has 0 spiro atoms. The fourth-order valence-electron chi connectivity index (χ4n) is 1.88. The largest absolute Gasteiger partial charge is 0.377 e. The van der Waals surface area contributed by atoms with Crippen LogP contribution in [-0.2, 0) is 14.3 Å². The predicted molar refractivity (Wildman–Crippen MR) is 59.9 cm³/mol. The van der Waals surface area contributed by atoms with Crippen molar-refractivity contribution in [2.45, 2.75) is 39.3 Å². The van der Waals surface area contributed by atoms with E-state index >= 15 is 0 Å². The lowest BCUT2D eigenvalue weighted by Crippen LogP contribution is -2.64. The maximum atomic E-state index is 12.0. The quantitative estimate of drug-likeness (QED) is 0.745. The van der Waals surface area contributed by atoms with Crippen LogP contribution in [0.25, 0.3) is 0 Å². The van der Waals surface area contributed by atoms with Crippen LogP contribution in [0.1, 0.15) is 27.7 Å². The lowest BCUT2D eigenvalue weighted by Gasteiger charge is -2.38. The average Bonchev–Trinajstić information content (AvgIpc) is 2.13. The monoisotopic (exact) mass is 228 g/mol. The lowest BCUT2D eigenvalue weighted by molar-refractivity contribution is -0.150. The Morgan fingerprint density at radius 1 is 1.50 bits per heavy atom. The van der Waals surface area contributed by atoms with Gasteiger partial charge in [-0.05, 0) is 27.7 Å². The average molecular weight is 228 g/mol. The van der Waals surface area contributed by atoms with E-state index in [1.807, 2.05) is 13.8 Å². The third kappa shape index (κ3) is 2.95. The zero-order valence-corrected chi connectivity index (χ0v) is 10.4. The highest BCUT2D eigenvalue weighted by Gasteiger charge is 2.39. The molecular formula is C11H20N2O3. The summed E-state index contributed by atoms with van der Waals surface area (Å²) in [4.78, 5) is 25.0. The molecule has 1 unspecified atom stereocenters. The van der Waals surface area contributed by atoms with Gasteiger partial charge in [0.1, 0.15) is 5.54 Å². The number of nitrogens with one attached hydrogen (secondary N) is 1. The number of rotatable bonds is 4. The van der Waals surface area contributed by atoms with Crippen LogP contribution in [0, 0.1) is 0 Å². The van der Waals surface area contributed by atoms with Gasteiger partial charge in [0.2, 0.25) is 11.8 Å². The van der Waals surface area contributed by atoms with Gasteiger partial charge in [0.25, 0.3) is 0 Å². The summed E-state index contributed by atoms with van der Waals surface area (Å²) in [5.74, 6) is -0.174. The van der Waals surface area contributed by atoms with Gasteiger partial charge in [-0.1, -0.05) is 0 Å². The van der Waals surface area contributed by atoms with Crippen molar-refractivity contribution >= 4 is 11.8 Å². The third-order valence-corrected chi connectivity index (χ3v) is 2.54. The van der Waals surface area contributed by atoms with E-state index in [9.17, 15) is 9.59 Å². The minimum Gasteiger partial charge on any atom is -0.377 e. The fraction of sp³-hybridized carbons (Fsp3) is 0.818. The number of carbonyl (C=O) groups is 2. The first-order valence-corrected chi connectivity index (χ1v) is 5.58. The molecule has 1 saturated heterocycles. The molecule has 5 nitrogen and oxygen atoms in total. The minimum atomic E-state index is -0.804. The maximum absolute atomic E-state index is 12.0. The Morgan fingerprint density at radius 3 is 2.69 bits per heavy atom. The van der Waals surface area contributed by atoms with Crippen LogP contribution in [-0.4, -0.2) is 48.1 Å². The highest BCUT2D eigenvalue weighted by Crippen LogP contribution is 2.13. The molecule has 1 rings (SSSR count). The molecule has 0 radical (unpaired) electrons. The molecule has 0 saturated carbocycles. The number of carbonyl (C=O) groups excluding carboxylic acids is 2. The number of piperazine rings is 1. The van der Waals surface area contributed by atoms with Gasteiger partial charge in [-0.3, -0.25) is 9.59 Å². The van der Waals surface area contributed by atoms with Crippen LogP contribution in [0.15, 0.2) is 0 Å². The highest BCUT2D eigenvalue weighted by molar-refractivity contribution is 5.97. The summed E-state index contributed by atoms with van der Waals surface area (Å²) in [5, 5.41) is 2.67. The van der Waals surface area contributed by atoms with E-state index in [1.54, 1.807) is 18.7 Å². The van der Waals surface area contributed by atoms with Crippen molar-refractivity contribution in [1.82, 2.24) is 10.2 Å². The molecule has 16 heavy (non-hydrogen) atoms. The Labute approximate surface area is 96.1 Å². The van der Waals surface area contributed by atoms with Gasteiger partial charge in [-0.25, -0.2) is 0 Å². The first-order chi connectivity index (χ1) is 7.36. The Bertz CT molecular complexity index is 289. The molecule has 5 heteroatoms. The van der Waals surface area contributed by atoms with Gasteiger partial charge >= 0.3 is 0 Å². The number of ether oxygens (including phenoxy) is 1. The van der Waals surface area contributed by atoms with Crippen molar-refractivity contribution in [1.29, 1.82) is 0 Å². The highest BCUT2D eigenvalue weighted by atomic mass is 16.5. The molecular weight excluding hydrogens is 208 g/mol. The minimum absolute atomic E-state index is 0.0457. The van der Waals surface area contributed by atoms with Crippen LogP contribution in [0.5, 0.6) is 0 Å². The second kappa shape index (κ2) is 4.82. The van der Waals surface area contributed by atoms with Crippen LogP contribution in [0.4, 0.5) is 0 Å². The molecule has 0 aromatic heterocycles. The molecule has 1 heterocycles. The van der Waals surface area contributed by atoms with E-state index in [1.165, 1.54) is 0 Å². The zero-order valence-electron chi connectivity index (χ0n) is 10.4.